The van der Waals surface area contributed by atoms with E-state index in [0.29, 0.717) is 18.6 Å². The van der Waals surface area contributed by atoms with Gasteiger partial charge in [0.25, 0.3) is 0 Å². The van der Waals surface area contributed by atoms with Crippen LogP contribution < -0.4 is 9.64 Å². The van der Waals surface area contributed by atoms with Gasteiger partial charge < -0.3 is 9.84 Å². The molecule has 1 saturated carbocycles. The minimum Gasteiger partial charge on any atom is -0.508 e. The van der Waals surface area contributed by atoms with Gasteiger partial charge in [-0.2, -0.15) is 0 Å². The lowest BCUT2D eigenvalue weighted by molar-refractivity contribution is -0.141. The van der Waals surface area contributed by atoms with Gasteiger partial charge in [-0.1, -0.05) is 53.6 Å². The van der Waals surface area contributed by atoms with E-state index in [1.165, 1.54) is 23.1 Å². The number of aromatic hydroxyl groups is 1. The van der Waals surface area contributed by atoms with E-state index in [9.17, 15) is 28.7 Å². The summed E-state index contributed by atoms with van der Waals surface area (Å²) in [6, 6.07) is 17.9. The van der Waals surface area contributed by atoms with Crippen LogP contribution in [0.1, 0.15) is 30.9 Å². The number of likely N-dealkylation sites (tertiary alicyclic amines) is 1. The molecule has 2 aliphatic carbocycles. The molecule has 238 valence electrons. The van der Waals surface area contributed by atoms with E-state index in [-0.39, 0.29) is 41.2 Å². The number of allylic oxidation sites excluding steroid dienone is 3. The van der Waals surface area contributed by atoms with Crippen molar-refractivity contribution < 1.29 is 33.4 Å². The van der Waals surface area contributed by atoms with Gasteiger partial charge >= 0.3 is 0 Å². The lowest BCUT2D eigenvalue weighted by Gasteiger charge is -2.49. The van der Waals surface area contributed by atoms with Crippen molar-refractivity contribution in [2.75, 3.05) is 4.90 Å². The smallest absolute Gasteiger partial charge is 0.241 e. The molecule has 8 nitrogen and oxygen atoms in total. The van der Waals surface area contributed by atoms with E-state index in [2.05, 4.69) is 0 Å². The second kappa shape index (κ2) is 10.6. The number of ether oxygens (including phenoxy) is 1. The molecule has 6 atom stereocenters. The molecular formula is C37H30ClFN2O6. The van der Waals surface area contributed by atoms with Crippen molar-refractivity contribution in [1.29, 1.82) is 0 Å². The molecule has 3 fully saturated rings. The first-order valence-corrected chi connectivity index (χ1v) is 16.1. The van der Waals surface area contributed by atoms with Crippen molar-refractivity contribution in [2.24, 2.45) is 35.0 Å². The largest absolute Gasteiger partial charge is 0.508 e. The SMILES string of the molecule is CC12C(=O)N(c3ccc(F)c(Cl)c3)C(=O)C1CC1C(=CCC3C(=O)N(Cc4ccccc4)C(=O)C31)C2C1=COc2ccc(O)cc2C1. The Morgan fingerprint density at radius 3 is 2.53 bits per heavy atom. The molecule has 3 aliphatic heterocycles. The Labute approximate surface area is 275 Å². The lowest BCUT2D eigenvalue weighted by Crippen LogP contribution is -2.51. The third kappa shape index (κ3) is 4.32. The first-order valence-electron chi connectivity index (χ1n) is 15.7. The van der Waals surface area contributed by atoms with Crippen molar-refractivity contribution in [2.45, 2.75) is 32.7 Å². The molecule has 3 aromatic rings. The molecule has 0 radical (unpaired) electrons. The van der Waals surface area contributed by atoms with Crippen LogP contribution in [0.2, 0.25) is 5.02 Å². The molecule has 47 heavy (non-hydrogen) atoms. The average Bonchev–Trinajstić information content (AvgIpc) is 3.41. The van der Waals surface area contributed by atoms with Crippen LogP contribution >= 0.6 is 11.6 Å². The van der Waals surface area contributed by atoms with Crippen molar-refractivity contribution >= 4 is 40.9 Å². The average molecular weight is 653 g/mol. The molecule has 0 aromatic heterocycles. The third-order valence-corrected chi connectivity index (χ3v) is 11.1. The van der Waals surface area contributed by atoms with Crippen molar-refractivity contribution in [3.63, 3.8) is 0 Å². The fourth-order valence-electron chi connectivity index (χ4n) is 8.70. The van der Waals surface area contributed by atoms with Gasteiger partial charge in [-0.05, 0) is 73.2 Å². The van der Waals surface area contributed by atoms with Crippen LogP contribution in [-0.2, 0) is 32.1 Å². The van der Waals surface area contributed by atoms with Crippen molar-refractivity contribution in [1.82, 2.24) is 4.90 Å². The maximum atomic E-state index is 14.6. The minimum atomic E-state index is -1.29. The van der Waals surface area contributed by atoms with Crippen LogP contribution in [0, 0.1) is 40.8 Å². The van der Waals surface area contributed by atoms with E-state index in [4.69, 9.17) is 16.3 Å². The molecule has 6 unspecified atom stereocenters. The quantitative estimate of drug-likeness (QED) is 0.275. The number of fused-ring (bicyclic) bond motifs is 5. The number of phenolic OH excluding ortho intramolecular Hbond substituents is 1. The number of carbonyl (C=O) groups excluding carboxylic acids is 4. The van der Waals surface area contributed by atoms with Gasteiger partial charge in [0, 0.05) is 17.9 Å². The molecule has 4 amide bonds. The molecule has 0 bridgehead atoms. The zero-order valence-electron chi connectivity index (χ0n) is 25.4. The Morgan fingerprint density at radius 1 is 0.979 bits per heavy atom. The van der Waals surface area contributed by atoms with Gasteiger partial charge in [-0.3, -0.25) is 24.1 Å². The normalized spacial score (nSPS) is 29.5. The molecule has 1 N–H and O–H groups in total. The summed E-state index contributed by atoms with van der Waals surface area (Å²) in [6.07, 6.45) is 4.46. The summed E-state index contributed by atoms with van der Waals surface area (Å²) >= 11 is 6.09. The zero-order chi connectivity index (χ0) is 32.8. The van der Waals surface area contributed by atoms with Crippen LogP contribution in [-0.4, -0.2) is 33.6 Å². The topological polar surface area (TPSA) is 104 Å². The Hall–Kier alpha value is -4.76. The highest BCUT2D eigenvalue weighted by molar-refractivity contribution is 6.31. The van der Waals surface area contributed by atoms with E-state index < -0.39 is 52.6 Å². The monoisotopic (exact) mass is 652 g/mol. The highest BCUT2D eigenvalue weighted by atomic mass is 35.5. The number of nitrogens with zero attached hydrogens (tertiary/aromatic N) is 2. The van der Waals surface area contributed by atoms with E-state index in [1.54, 1.807) is 25.3 Å². The Balaban J connectivity index is 1.23. The number of imide groups is 2. The first kappa shape index (κ1) is 29.6. The molecule has 0 spiro atoms. The fraction of sp³-hybridized carbons (Fsp3) is 0.297. The summed E-state index contributed by atoms with van der Waals surface area (Å²) in [5.41, 5.74) is 2.01. The maximum absolute atomic E-state index is 14.6. The summed E-state index contributed by atoms with van der Waals surface area (Å²) < 4.78 is 20.2. The van der Waals surface area contributed by atoms with Gasteiger partial charge in [-0.15, -0.1) is 0 Å². The number of amides is 4. The van der Waals surface area contributed by atoms with Gasteiger partial charge in [0.2, 0.25) is 23.6 Å². The molecule has 3 heterocycles. The highest BCUT2D eigenvalue weighted by Gasteiger charge is 2.68. The summed E-state index contributed by atoms with van der Waals surface area (Å²) in [6.45, 7) is 1.94. The molecule has 2 saturated heterocycles. The fourth-order valence-corrected chi connectivity index (χ4v) is 8.88. The van der Waals surface area contributed by atoms with Gasteiger partial charge in [-0.25, -0.2) is 9.29 Å². The molecule has 10 heteroatoms. The summed E-state index contributed by atoms with van der Waals surface area (Å²) in [7, 11) is 0. The number of anilines is 1. The third-order valence-electron chi connectivity index (χ3n) is 10.9. The van der Waals surface area contributed by atoms with E-state index >= 15 is 0 Å². The number of carbonyl (C=O) groups is 4. The van der Waals surface area contributed by atoms with Crippen LogP contribution in [0.15, 0.2) is 90.2 Å². The molecule has 5 aliphatic rings. The predicted octanol–water partition coefficient (Wildman–Crippen LogP) is 5.97. The molecular weight excluding hydrogens is 623 g/mol. The maximum Gasteiger partial charge on any atom is 0.241 e. The Morgan fingerprint density at radius 2 is 1.77 bits per heavy atom. The van der Waals surface area contributed by atoms with Crippen LogP contribution in [0.3, 0.4) is 0 Å². The number of hydrogen-bond donors (Lipinski definition) is 1. The Kier molecular flexibility index (Phi) is 6.70. The standard InChI is InChI=1S/C37H30ClFN2O6/c1-37-27(34(44)41(36(37)46)22-7-11-29(39)28(38)15-22)16-26-24(32(37)21-13-20-14-23(42)8-12-30(20)47-18-21)9-10-25-31(26)35(45)40(33(25)43)17-19-5-3-2-4-6-19/h2-9,11-12,14-15,18,25-27,31-32,42H,10,13,16-17H2,1H3. The van der Waals surface area contributed by atoms with Crippen molar-refractivity contribution in [3.8, 4) is 11.5 Å². The van der Waals surface area contributed by atoms with E-state index in [1.807, 2.05) is 36.4 Å². The van der Waals surface area contributed by atoms with Gasteiger partial charge in [0.1, 0.15) is 17.3 Å². The van der Waals surface area contributed by atoms with Gasteiger partial charge in [0.15, 0.2) is 0 Å². The summed E-state index contributed by atoms with van der Waals surface area (Å²) in [4.78, 5) is 59.3. The Bertz CT molecular complexity index is 1960. The second-order valence-corrected chi connectivity index (χ2v) is 13.7. The number of halogens is 2. The van der Waals surface area contributed by atoms with Crippen molar-refractivity contribution in [3.05, 3.63) is 112 Å². The summed E-state index contributed by atoms with van der Waals surface area (Å²) in [5, 5.41) is 10.0. The minimum absolute atomic E-state index is 0.0685. The number of rotatable bonds is 4. The van der Waals surface area contributed by atoms with Crippen LogP contribution in [0.4, 0.5) is 10.1 Å². The summed E-state index contributed by atoms with van der Waals surface area (Å²) in [5.74, 6) is -4.67. The number of phenols is 1. The predicted molar refractivity (Wildman–Crippen MR) is 169 cm³/mol. The highest BCUT2D eigenvalue weighted by Crippen LogP contribution is 2.63. The van der Waals surface area contributed by atoms with Gasteiger partial charge in [0.05, 0.1) is 46.7 Å². The van der Waals surface area contributed by atoms with Crippen LogP contribution in [0.5, 0.6) is 11.5 Å². The number of benzene rings is 3. The lowest BCUT2D eigenvalue weighted by atomic mass is 9.51. The van der Waals surface area contributed by atoms with E-state index in [0.717, 1.165) is 33.2 Å². The molecule has 3 aromatic carbocycles. The second-order valence-electron chi connectivity index (χ2n) is 13.3. The zero-order valence-corrected chi connectivity index (χ0v) is 26.1. The first-order chi connectivity index (χ1) is 22.6. The van der Waals surface area contributed by atoms with Crippen LogP contribution in [0.25, 0.3) is 0 Å². The number of hydrogen-bond acceptors (Lipinski definition) is 6. The molecule has 8 rings (SSSR count).